The Labute approximate surface area is 150 Å². The van der Waals surface area contributed by atoms with Gasteiger partial charge in [0.2, 0.25) is 5.91 Å². The van der Waals surface area contributed by atoms with Crippen molar-refractivity contribution >= 4 is 22.8 Å². The number of nitrogens with two attached hydrogens (primary N) is 1. The van der Waals surface area contributed by atoms with Crippen molar-refractivity contribution in [1.82, 2.24) is 9.55 Å². The maximum absolute atomic E-state index is 12.7. The summed E-state index contributed by atoms with van der Waals surface area (Å²) in [5.41, 5.74) is 7.40. The number of amides is 1. The van der Waals surface area contributed by atoms with Crippen LogP contribution in [0.5, 0.6) is 5.75 Å². The van der Waals surface area contributed by atoms with Crippen LogP contribution in [0.25, 0.3) is 11.0 Å². The third-order valence-corrected chi connectivity index (χ3v) is 4.20. The number of primary amides is 1. The van der Waals surface area contributed by atoms with Gasteiger partial charge >= 0.3 is 0 Å². The van der Waals surface area contributed by atoms with Crippen LogP contribution in [0, 0.1) is 0 Å². The molecule has 0 saturated carbocycles. The van der Waals surface area contributed by atoms with E-state index in [0.29, 0.717) is 12.1 Å². The minimum absolute atomic E-state index is 0.0909. The van der Waals surface area contributed by atoms with Gasteiger partial charge in [-0.1, -0.05) is 24.3 Å². The fraction of sp³-hybridized carbons (Fsp3) is 0.211. The maximum atomic E-state index is 12.7. The Balaban J connectivity index is 1.96. The number of fused-ring (bicyclic) bond motifs is 1. The highest BCUT2D eigenvalue weighted by molar-refractivity contribution is 5.83. The van der Waals surface area contributed by atoms with Gasteiger partial charge in [0.15, 0.2) is 5.82 Å². The number of rotatable bonds is 6. The summed E-state index contributed by atoms with van der Waals surface area (Å²) in [5, 5.41) is 12.3. The van der Waals surface area contributed by atoms with Crippen LogP contribution in [0.3, 0.4) is 0 Å². The molecule has 0 aliphatic carbocycles. The number of aryl methyl sites for hydroxylation is 1. The summed E-state index contributed by atoms with van der Waals surface area (Å²) < 4.78 is 1.60. The summed E-state index contributed by atoms with van der Waals surface area (Å²) in [6, 6.07) is 13.0. The van der Waals surface area contributed by atoms with Gasteiger partial charge in [0.25, 0.3) is 5.56 Å². The number of phenols is 1. The SMILES string of the molecule is CCn1c(=O)c(N[C@@H](Cc2ccc(O)cc2)C(N)=O)nc2ccccc21. The van der Waals surface area contributed by atoms with E-state index >= 15 is 0 Å². The van der Waals surface area contributed by atoms with Crippen LogP contribution in [0.15, 0.2) is 53.3 Å². The minimum Gasteiger partial charge on any atom is -0.508 e. The third kappa shape index (κ3) is 3.51. The number of aromatic hydroxyl groups is 1. The van der Waals surface area contributed by atoms with E-state index in [-0.39, 0.29) is 23.5 Å². The number of anilines is 1. The van der Waals surface area contributed by atoms with Crippen molar-refractivity contribution in [1.29, 1.82) is 0 Å². The normalized spacial score (nSPS) is 12.0. The summed E-state index contributed by atoms with van der Waals surface area (Å²) in [7, 11) is 0. The number of nitrogens with one attached hydrogen (secondary N) is 1. The van der Waals surface area contributed by atoms with E-state index in [1.807, 2.05) is 31.2 Å². The lowest BCUT2D eigenvalue weighted by Crippen LogP contribution is -2.40. The van der Waals surface area contributed by atoms with Crippen molar-refractivity contribution in [3.63, 3.8) is 0 Å². The fourth-order valence-electron chi connectivity index (χ4n) is 2.86. The zero-order valence-corrected chi connectivity index (χ0v) is 14.3. The van der Waals surface area contributed by atoms with Crippen LogP contribution in [0.4, 0.5) is 5.82 Å². The molecule has 1 heterocycles. The zero-order chi connectivity index (χ0) is 18.7. The topological polar surface area (TPSA) is 110 Å². The van der Waals surface area contributed by atoms with Gasteiger partial charge in [-0.3, -0.25) is 9.59 Å². The molecule has 0 unspecified atom stereocenters. The van der Waals surface area contributed by atoms with Gasteiger partial charge in [-0.15, -0.1) is 0 Å². The van der Waals surface area contributed by atoms with E-state index in [0.717, 1.165) is 11.1 Å². The first-order valence-corrected chi connectivity index (χ1v) is 8.33. The van der Waals surface area contributed by atoms with Crippen molar-refractivity contribution in [3.8, 4) is 5.75 Å². The Kier molecular flexibility index (Phi) is 4.88. The van der Waals surface area contributed by atoms with Crippen molar-refractivity contribution in [2.24, 2.45) is 5.73 Å². The molecular weight excluding hydrogens is 332 g/mol. The molecule has 7 nitrogen and oxygen atoms in total. The van der Waals surface area contributed by atoms with E-state index in [2.05, 4.69) is 10.3 Å². The molecule has 1 amide bonds. The average Bonchev–Trinajstić information content (AvgIpc) is 2.63. The quantitative estimate of drug-likeness (QED) is 0.624. The number of aromatic nitrogens is 2. The lowest BCUT2D eigenvalue weighted by molar-refractivity contribution is -0.118. The highest BCUT2D eigenvalue weighted by Crippen LogP contribution is 2.15. The largest absolute Gasteiger partial charge is 0.508 e. The molecule has 3 aromatic rings. The molecule has 0 radical (unpaired) electrons. The van der Waals surface area contributed by atoms with Gasteiger partial charge in [0.05, 0.1) is 11.0 Å². The van der Waals surface area contributed by atoms with Crippen molar-refractivity contribution in [2.45, 2.75) is 25.9 Å². The number of carbonyl (C=O) groups excluding carboxylic acids is 1. The van der Waals surface area contributed by atoms with Crippen LogP contribution < -0.4 is 16.6 Å². The lowest BCUT2D eigenvalue weighted by atomic mass is 10.1. The first-order valence-electron chi connectivity index (χ1n) is 8.33. The Morgan fingerprint density at radius 1 is 1.23 bits per heavy atom. The van der Waals surface area contributed by atoms with E-state index in [9.17, 15) is 14.7 Å². The smallest absolute Gasteiger partial charge is 0.293 e. The molecule has 26 heavy (non-hydrogen) atoms. The molecule has 0 spiro atoms. The number of benzene rings is 2. The number of hydrogen-bond donors (Lipinski definition) is 3. The van der Waals surface area contributed by atoms with Gasteiger partial charge in [-0.25, -0.2) is 4.98 Å². The number of nitrogens with zero attached hydrogens (tertiary/aromatic N) is 2. The molecule has 0 fully saturated rings. The molecule has 4 N–H and O–H groups in total. The van der Waals surface area contributed by atoms with E-state index in [1.165, 1.54) is 12.1 Å². The number of carbonyl (C=O) groups is 1. The Hall–Kier alpha value is -3.35. The van der Waals surface area contributed by atoms with Crippen LogP contribution in [0.2, 0.25) is 0 Å². The third-order valence-electron chi connectivity index (χ3n) is 4.20. The van der Waals surface area contributed by atoms with Crippen LogP contribution in [-0.2, 0) is 17.8 Å². The molecule has 134 valence electrons. The predicted octanol–water partition coefficient (Wildman–Crippen LogP) is 1.63. The van der Waals surface area contributed by atoms with Crippen molar-refractivity contribution < 1.29 is 9.90 Å². The van der Waals surface area contributed by atoms with Crippen LogP contribution in [-0.4, -0.2) is 26.6 Å². The first-order chi connectivity index (χ1) is 12.5. The summed E-state index contributed by atoms with van der Waals surface area (Å²) in [4.78, 5) is 29.0. The lowest BCUT2D eigenvalue weighted by Gasteiger charge is -2.17. The van der Waals surface area contributed by atoms with Crippen molar-refractivity contribution in [3.05, 3.63) is 64.4 Å². The monoisotopic (exact) mass is 352 g/mol. The maximum Gasteiger partial charge on any atom is 0.293 e. The molecule has 1 atom stereocenters. The highest BCUT2D eigenvalue weighted by Gasteiger charge is 2.19. The Morgan fingerprint density at radius 2 is 1.92 bits per heavy atom. The highest BCUT2D eigenvalue weighted by atomic mass is 16.3. The molecule has 2 aromatic carbocycles. The first kappa shape index (κ1) is 17.5. The Bertz CT molecular complexity index is 996. The second kappa shape index (κ2) is 7.26. The average molecular weight is 352 g/mol. The molecular formula is C19H20N4O3. The molecule has 1 aromatic heterocycles. The fourth-order valence-corrected chi connectivity index (χ4v) is 2.86. The molecule has 7 heteroatoms. The van der Waals surface area contributed by atoms with E-state index in [4.69, 9.17) is 5.73 Å². The van der Waals surface area contributed by atoms with Crippen molar-refractivity contribution in [2.75, 3.05) is 5.32 Å². The summed E-state index contributed by atoms with van der Waals surface area (Å²) in [6.07, 6.45) is 0.273. The summed E-state index contributed by atoms with van der Waals surface area (Å²) >= 11 is 0. The van der Waals surface area contributed by atoms with Gasteiger partial charge in [-0.2, -0.15) is 0 Å². The van der Waals surface area contributed by atoms with Crippen LogP contribution >= 0.6 is 0 Å². The Morgan fingerprint density at radius 3 is 2.58 bits per heavy atom. The summed E-state index contributed by atoms with van der Waals surface area (Å²) in [6.45, 7) is 2.36. The predicted molar refractivity (Wildman–Crippen MR) is 100 cm³/mol. The van der Waals surface area contributed by atoms with E-state index < -0.39 is 11.9 Å². The molecule has 0 aliphatic heterocycles. The molecule has 0 aliphatic rings. The van der Waals surface area contributed by atoms with Gasteiger partial charge in [0, 0.05) is 13.0 Å². The van der Waals surface area contributed by atoms with Gasteiger partial charge < -0.3 is 20.7 Å². The standard InChI is InChI=1S/C19H20N4O3/c1-2-23-16-6-4-3-5-14(16)21-18(19(23)26)22-15(17(20)25)11-12-7-9-13(24)10-8-12/h3-10,15,24H,2,11H2,1H3,(H2,20,25)(H,21,22)/t15-/m0/s1. The van der Waals surface area contributed by atoms with Gasteiger partial charge in [0.1, 0.15) is 11.8 Å². The van der Waals surface area contributed by atoms with E-state index in [1.54, 1.807) is 16.7 Å². The number of para-hydroxylation sites is 2. The second-order valence-corrected chi connectivity index (χ2v) is 5.97. The number of phenolic OH excluding ortho intramolecular Hbond substituents is 1. The summed E-state index contributed by atoms with van der Waals surface area (Å²) in [5.74, 6) is -0.358. The molecule has 0 bridgehead atoms. The van der Waals surface area contributed by atoms with Gasteiger partial charge in [-0.05, 0) is 36.8 Å². The molecule has 0 saturated heterocycles. The number of hydrogen-bond acceptors (Lipinski definition) is 5. The molecule has 3 rings (SSSR count). The van der Waals surface area contributed by atoms with Crippen LogP contribution in [0.1, 0.15) is 12.5 Å². The minimum atomic E-state index is -0.800. The zero-order valence-electron chi connectivity index (χ0n) is 14.3. The second-order valence-electron chi connectivity index (χ2n) is 5.97.